The summed E-state index contributed by atoms with van der Waals surface area (Å²) < 4.78 is 1.02. The fourth-order valence-corrected chi connectivity index (χ4v) is 2.62. The van der Waals surface area contributed by atoms with E-state index >= 15 is 0 Å². The molecule has 2 aromatic rings. The van der Waals surface area contributed by atoms with Crippen LogP contribution in [0.1, 0.15) is 16.7 Å². The van der Waals surface area contributed by atoms with E-state index in [2.05, 4.69) is 21.2 Å². The van der Waals surface area contributed by atoms with Crippen LogP contribution in [0.2, 0.25) is 0 Å². The molecule has 0 saturated carbocycles. The third-order valence-corrected chi connectivity index (χ3v) is 4.13. The van der Waals surface area contributed by atoms with Crippen LogP contribution in [-0.2, 0) is 4.79 Å². The first-order chi connectivity index (χ1) is 9.16. The van der Waals surface area contributed by atoms with E-state index in [1.54, 1.807) is 0 Å². The van der Waals surface area contributed by atoms with Crippen molar-refractivity contribution in [2.75, 3.05) is 5.32 Å². The van der Waals surface area contributed by atoms with E-state index < -0.39 is 0 Å². The van der Waals surface area contributed by atoms with E-state index in [0.717, 1.165) is 32.4 Å². The first-order valence-corrected chi connectivity index (χ1v) is 6.83. The second-order valence-corrected chi connectivity index (χ2v) is 5.37. The first kappa shape index (κ1) is 12.2. The molecule has 2 nitrogen and oxygen atoms in total. The Morgan fingerprint density at radius 3 is 2.58 bits per heavy atom. The average molecular weight is 314 g/mol. The zero-order chi connectivity index (χ0) is 13.4. The summed E-state index contributed by atoms with van der Waals surface area (Å²) in [6, 6.07) is 13.8. The minimum Gasteiger partial charge on any atom is -0.321 e. The maximum atomic E-state index is 12.1. The normalized spacial score (nSPS) is 15.5. The number of hydrogen-bond acceptors (Lipinski definition) is 1. The number of carbonyl (C=O) groups is 1. The highest BCUT2D eigenvalue weighted by Gasteiger charge is 2.26. The van der Waals surface area contributed by atoms with Gasteiger partial charge in [-0.3, -0.25) is 4.79 Å². The molecule has 0 spiro atoms. The Balaban J connectivity index is 2.18. The largest absolute Gasteiger partial charge is 0.321 e. The lowest BCUT2D eigenvalue weighted by Crippen LogP contribution is -2.03. The van der Waals surface area contributed by atoms with Gasteiger partial charge in [-0.2, -0.15) is 0 Å². The van der Waals surface area contributed by atoms with Gasteiger partial charge in [-0.25, -0.2) is 0 Å². The van der Waals surface area contributed by atoms with E-state index in [-0.39, 0.29) is 5.91 Å². The standard InChI is InChI=1S/C16H12BrNO/c1-10-13(17)7-8-14-15(10)12(16(19)18-14)9-11-5-3-2-4-6-11/h2-9H,1H3,(H,18,19). The summed E-state index contributed by atoms with van der Waals surface area (Å²) >= 11 is 3.52. The lowest BCUT2D eigenvalue weighted by atomic mass is 9.99. The molecule has 2 aromatic carbocycles. The van der Waals surface area contributed by atoms with Crippen LogP contribution in [0.25, 0.3) is 11.6 Å². The molecule has 0 aliphatic carbocycles. The highest BCUT2D eigenvalue weighted by Crippen LogP contribution is 2.38. The number of hydrogen-bond donors (Lipinski definition) is 1. The summed E-state index contributed by atoms with van der Waals surface area (Å²) in [6.45, 7) is 2.02. The Labute approximate surface area is 120 Å². The van der Waals surface area contributed by atoms with Gasteiger partial charge in [0, 0.05) is 21.3 Å². The van der Waals surface area contributed by atoms with Gasteiger partial charge in [0.1, 0.15) is 0 Å². The van der Waals surface area contributed by atoms with Crippen LogP contribution in [0.15, 0.2) is 46.9 Å². The predicted octanol–water partition coefficient (Wildman–Crippen LogP) is 4.25. The molecular weight excluding hydrogens is 302 g/mol. The second kappa shape index (κ2) is 4.67. The van der Waals surface area contributed by atoms with Crippen LogP contribution >= 0.6 is 15.9 Å². The maximum Gasteiger partial charge on any atom is 0.256 e. The lowest BCUT2D eigenvalue weighted by molar-refractivity contribution is -0.110. The van der Waals surface area contributed by atoms with Crippen LogP contribution in [0.4, 0.5) is 5.69 Å². The average Bonchev–Trinajstić information content (AvgIpc) is 2.73. The van der Waals surface area contributed by atoms with Crippen molar-refractivity contribution in [3.63, 3.8) is 0 Å². The Morgan fingerprint density at radius 1 is 1.11 bits per heavy atom. The van der Waals surface area contributed by atoms with Crippen molar-refractivity contribution >= 4 is 39.2 Å². The number of fused-ring (bicyclic) bond motifs is 1. The van der Waals surface area contributed by atoms with Crippen molar-refractivity contribution in [2.24, 2.45) is 0 Å². The second-order valence-electron chi connectivity index (χ2n) is 4.52. The molecule has 3 heteroatoms. The van der Waals surface area contributed by atoms with Gasteiger partial charge in [0.2, 0.25) is 0 Å². The summed E-state index contributed by atoms with van der Waals surface area (Å²) in [5.41, 5.74) is 4.70. The fraction of sp³-hybridized carbons (Fsp3) is 0.0625. The van der Waals surface area contributed by atoms with E-state index in [0.29, 0.717) is 0 Å². The topological polar surface area (TPSA) is 29.1 Å². The third-order valence-electron chi connectivity index (χ3n) is 3.27. The van der Waals surface area contributed by atoms with Crippen molar-refractivity contribution in [2.45, 2.75) is 6.92 Å². The van der Waals surface area contributed by atoms with Crippen molar-refractivity contribution in [3.8, 4) is 0 Å². The molecule has 0 bridgehead atoms. The van der Waals surface area contributed by atoms with Gasteiger partial charge in [0.15, 0.2) is 0 Å². The molecule has 3 rings (SSSR count). The summed E-state index contributed by atoms with van der Waals surface area (Å²) in [6.07, 6.45) is 1.93. The molecule has 1 heterocycles. The lowest BCUT2D eigenvalue weighted by Gasteiger charge is -2.05. The molecule has 1 aliphatic heterocycles. The fourth-order valence-electron chi connectivity index (χ4n) is 2.29. The Hall–Kier alpha value is -1.87. The molecule has 0 radical (unpaired) electrons. The van der Waals surface area contributed by atoms with E-state index in [4.69, 9.17) is 0 Å². The van der Waals surface area contributed by atoms with Gasteiger partial charge in [-0.15, -0.1) is 0 Å². The number of benzene rings is 2. The summed E-state index contributed by atoms with van der Waals surface area (Å²) in [7, 11) is 0. The van der Waals surface area contributed by atoms with Crippen LogP contribution in [0.5, 0.6) is 0 Å². The number of rotatable bonds is 1. The minimum absolute atomic E-state index is 0.0416. The molecule has 0 unspecified atom stereocenters. The molecule has 19 heavy (non-hydrogen) atoms. The molecule has 1 amide bonds. The molecular formula is C16H12BrNO. The molecule has 94 valence electrons. The molecule has 1 N–H and O–H groups in total. The van der Waals surface area contributed by atoms with Crippen molar-refractivity contribution in [3.05, 3.63) is 63.6 Å². The van der Waals surface area contributed by atoms with E-state index in [1.807, 2.05) is 55.5 Å². The summed E-state index contributed by atoms with van der Waals surface area (Å²) in [4.78, 5) is 12.1. The monoisotopic (exact) mass is 313 g/mol. The molecule has 0 atom stereocenters. The van der Waals surface area contributed by atoms with Crippen LogP contribution < -0.4 is 5.32 Å². The van der Waals surface area contributed by atoms with Crippen LogP contribution in [-0.4, -0.2) is 5.91 Å². The van der Waals surface area contributed by atoms with E-state index in [1.165, 1.54) is 0 Å². The molecule has 0 fully saturated rings. The number of nitrogens with one attached hydrogen (secondary N) is 1. The Bertz CT molecular complexity index is 689. The third kappa shape index (κ3) is 2.10. The number of halogens is 1. The van der Waals surface area contributed by atoms with Gasteiger partial charge in [-0.1, -0.05) is 46.3 Å². The van der Waals surface area contributed by atoms with Gasteiger partial charge < -0.3 is 5.32 Å². The highest BCUT2D eigenvalue weighted by atomic mass is 79.9. The number of anilines is 1. The zero-order valence-corrected chi connectivity index (χ0v) is 12.0. The highest BCUT2D eigenvalue weighted by molar-refractivity contribution is 9.10. The number of carbonyl (C=O) groups excluding carboxylic acids is 1. The van der Waals surface area contributed by atoms with Crippen LogP contribution in [0.3, 0.4) is 0 Å². The first-order valence-electron chi connectivity index (χ1n) is 6.04. The molecule has 0 aromatic heterocycles. The number of amides is 1. The minimum atomic E-state index is -0.0416. The SMILES string of the molecule is Cc1c(Br)ccc2c1C(=Cc1ccccc1)C(=O)N2. The van der Waals surface area contributed by atoms with Gasteiger partial charge in [0.05, 0.1) is 0 Å². The zero-order valence-electron chi connectivity index (χ0n) is 10.4. The Morgan fingerprint density at radius 2 is 1.84 bits per heavy atom. The van der Waals surface area contributed by atoms with Crippen molar-refractivity contribution < 1.29 is 4.79 Å². The molecule has 1 aliphatic rings. The quantitative estimate of drug-likeness (QED) is 0.783. The van der Waals surface area contributed by atoms with Crippen LogP contribution in [0, 0.1) is 6.92 Å². The van der Waals surface area contributed by atoms with Gasteiger partial charge in [0.25, 0.3) is 5.91 Å². The maximum absolute atomic E-state index is 12.1. The molecule has 0 saturated heterocycles. The summed E-state index contributed by atoms with van der Waals surface area (Å²) in [5, 5.41) is 2.91. The van der Waals surface area contributed by atoms with Gasteiger partial charge in [-0.05, 0) is 36.3 Å². The smallest absolute Gasteiger partial charge is 0.256 e. The Kier molecular flexibility index (Phi) is 2.99. The van der Waals surface area contributed by atoms with Crippen molar-refractivity contribution in [1.82, 2.24) is 0 Å². The predicted molar refractivity (Wildman–Crippen MR) is 81.8 cm³/mol. The van der Waals surface area contributed by atoms with E-state index in [9.17, 15) is 4.79 Å². The summed E-state index contributed by atoms with van der Waals surface area (Å²) in [5.74, 6) is -0.0416. The van der Waals surface area contributed by atoms with Crippen molar-refractivity contribution in [1.29, 1.82) is 0 Å². The van der Waals surface area contributed by atoms with Gasteiger partial charge >= 0.3 is 0 Å².